The lowest BCUT2D eigenvalue weighted by atomic mass is 10.2. The fourth-order valence-electron chi connectivity index (χ4n) is 2.15. The van der Waals surface area contributed by atoms with Gasteiger partial charge in [0.1, 0.15) is 12.2 Å². The fourth-order valence-corrected chi connectivity index (χ4v) is 2.15. The molecule has 0 aliphatic carbocycles. The first kappa shape index (κ1) is 20.7. The smallest absolute Gasteiger partial charge is 0.364 e. The third-order valence-corrected chi connectivity index (χ3v) is 3.98. The van der Waals surface area contributed by atoms with Gasteiger partial charge in [-0.25, -0.2) is 9.59 Å². The predicted octanol–water partition coefficient (Wildman–Crippen LogP) is 0.00820. The van der Waals surface area contributed by atoms with Gasteiger partial charge in [-0.05, 0) is 0 Å². The molecule has 2 aliphatic rings. The minimum Gasteiger partial charge on any atom is -0.477 e. The standard InChI is InChI=1S/C16H24O10/c1-15(13(17)18)23-7-11(8-24-15)21-5-3-4-6-22-12-9-25-16(2,14(19)20)26-10-12/h3-4,11-12H,5-10H2,1-2H3,(H,17,18)(H,19,20)/b4-3+. The second kappa shape index (κ2) is 8.89. The van der Waals surface area contributed by atoms with Crippen LogP contribution in [-0.4, -0.2) is 85.6 Å². The van der Waals surface area contributed by atoms with E-state index in [0.29, 0.717) is 13.2 Å². The van der Waals surface area contributed by atoms with Gasteiger partial charge in [-0.15, -0.1) is 0 Å². The highest BCUT2D eigenvalue weighted by molar-refractivity contribution is 5.75. The summed E-state index contributed by atoms with van der Waals surface area (Å²) in [6.07, 6.45) is 2.80. The van der Waals surface area contributed by atoms with Gasteiger partial charge in [-0.3, -0.25) is 0 Å². The molecular formula is C16H24O10. The second-order valence-electron chi connectivity index (χ2n) is 6.13. The number of hydrogen-bond acceptors (Lipinski definition) is 8. The highest BCUT2D eigenvalue weighted by Gasteiger charge is 2.41. The number of hydrogen-bond donors (Lipinski definition) is 2. The Hall–Kier alpha value is -1.56. The molecule has 2 fully saturated rings. The topological polar surface area (TPSA) is 130 Å². The molecule has 0 aromatic heterocycles. The monoisotopic (exact) mass is 376 g/mol. The summed E-state index contributed by atoms with van der Waals surface area (Å²) in [4.78, 5) is 21.9. The lowest BCUT2D eigenvalue weighted by molar-refractivity contribution is -0.283. The zero-order chi connectivity index (χ0) is 19.2. The van der Waals surface area contributed by atoms with Gasteiger partial charge in [0.25, 0.3) is 11.6 Å². The lowest BCUT2D eigenvalue weighted by Crippen LogP contribution is -2.50. The van der Waals surface area contributed by atoms with E-state index in [4.69, 9.17) is 38.6 Å². The number of ether oxygens (including phenoxy) is 6. The third-order valence-electron chi connectivity index (χ3n) is 3.98. The SMILES string of the molecule is CC1(C(=O)O)OCC(OC/C=C/COC2COC(C)(C(=O)O)OC2)CO1. The molecule has 0 atom stereocenters. The minimum atomic E-state index is -1.62. The highest BCUT2D eigenvalue weighted by Crippen LogP contribution is 2.21. The number of carboxylic acids is 2. The van der Waals surface area contributed by atoms with Gasteiger partial charge in [-0.1, -0.05) is 12.2 Å². The van der Waals surface area contributed by atoms with Gasteiger partial charge in [-0.2, -0.15) is 0 Å². The van der Waals surface area contributed by atoms with Gasteiger partial charge in [0.05, 0.1) is 39.6 Å². The van der Waals surface area contributed by atoms with Gasteiger partial charge < -0.3 is 38.6 Å². The van der Waals surface area contributed by atoms with E-state index in [-0.39, 0.29) is 38.6 Å². The van der Waals surface area contributed by atoms with E-state index in [1.807, 2.05) is 0 Å². The Morgan fingerprint density at radius 1 is 0.846 bits per heavy atom. The molecule has 0 aromatic rings. The summed E-state index contributed by atoms with van der Waals surface area (Å²) in [5.41, 5.74) is 0. The maximum Gasteiger partial charge on any atom is 0.364 e. The summed E-state index contributed by atoms with van der Waals surface area (Å²) in [5.74, 6) is -5.59. The molecule has 2 saturated heterocycles. The average molecular weight is 376 g/mol. The molecule has 0 aromatic carbocycles. The van der Waals surface area contributed by atoms with Crippen LogP contribution in [0.25, 0.3) is 0 Å². The summed E-state index contributed by atoms with van der Waals surface area (Å²) in [7, 11) is 0. The lowest BCUT2D eigenvalue weighted by Gasteiger charge is -2.34. The first-order valence-electron chi connectivity index (χ1n) is 8.16. The van der Waals surface area contributed by atoms with Gasteiger partial charge in [0.2, 0.25) is 0 Å². The molecule has 2 aliphatic heterocycles. The Kier molecular flexibility index (Phi) is 7.09. The maximum atomic E-state index is 11.0. The quantitative estimate of drug-likeness (QED) is 0.559. The Balaban J connectivity index is 1.56. The molecular weight excluding hydrogens is 352 g/mol. The van der Waals surface area contributed by atoms with Crippen molar-refractivity contribution in [3.8, 4) is 0 Å². The molecule has 2 heterocycles. The first-order valence-corrected chi connectivity index (χ1v) is 8.16. The summed E-state index contributed by atoms with van der Waals surface area (Å²) < 4.78 is 31.7. The normalized spacial score (nSPS) is 35.5. The molecule has 148 valence electrons. The Morgan fingerprint density at radius 3 is 1.42 bits per heavy atom. The first-order chi connectivity index (χ1) is 12.3. The predicted molar refractivity (Wildman–Crippen MR) is 84.5 cm³/mol. The minimum absolute atomic E-state index is 0.131. The summed E-state index contributed by atoms with van der Waals surface area (Å²) in [6.45, 7) is 3.80. The Bertz CT molecular complexity index is 469. The van der Waals surface area contributed by atoms with Crippen LogP contribution in [0.15, 0.2) is 12.2 Å². The van der Waals surface area contributed by atoms with E-state index in [1.54, 1.807) is 12.2 Å². The number of carboxylic acid groups (broad SMARTS) is 2. The van der Waals surface area contributed by atoms with Crippen molar-refractivity contribution in [1.29, 1.82) is 0 Å². The summed E-state index contributed by atoms with van der Waals surface area (Å²) >= 11 is 0. The summed E-state index contributed by atoms with van der Waals surface area (Å²) in [6, 6.07) is 0. The van der Waals surface area contributed by atoms with Crippen LogP contribution in [0, 0.1) is 0 Å². The van der Waals surface area contributed by atoms with Crippen molar-refractivity contribution in [1.82, 2.24) is 0 Å². The molecule has 10 heteroatoms. The number of carbonyl (C=O) groups is 2. The van der Waals surface area contributed by atoms with Crippen LogP contribution in [-0.2, 0) is 38.0 Å². The van der Waals surface area contributed by atoms with E-state index in [9.17, 15) is 9.59 Å². The average Bonchev–Trinajstić information content (AvgIpc) is 2.61. The maximum absolute atomic E-state index is 11.0. The molecule has 2 rings (SSSR count). The Morgan fingerprint density at radius 2 is 1.15 bits per heavy atom. The van der Waals surface area contributed by atoms with Crippen molar-refractivity contribution in [2.45, 2.75) is 37.6 Å². The van der Waals surface area contributed by atoms with Crippen molar-refractivity contribution < 1.29 is 48.2 Å². The molecule has 0 saturated carbocycles. The second-order valence-corrected chi connectivity index (χ2v) is 6.13. The van der Waals surface area contributed by atoms with E-state index in [0.717, 1.165) is 0 Å². The summed E-state index contributed by atoms with van der Waals surface area (Å²) in [5, 5.41) is 17.9. The van der Waals surface area contributed by atoms with Crippen LogP contribution in [0.3, 0.4) is 0 Å². The van der Waals surface area contributed by atoms with E-state index in [2.05, 4.69) is 0 Å². The highest BCUT2D eigenvalue weighted by atomic mass is 16.7. The molecule has 10 nitrogen and oxygen atoms in total. The van der Waals surface area contributed by atoms with Crippen molar-refractivity contribution >= 4 is 11.9 Å². The van der Waals surface area contributed by atoms with Crippen LogP contribution >= 0.6 is 0 Å². The molecule has 0 amide bonds. The van der Waals surface area contributed by atoms with Gasteiger partial charge >= 0.3 is 11.9 Å². The number of rotatable bonds is 8. The van der Waals surface area contributed by atoms with E-state index in [1.165, 1.54) is 13.8 Å². The third kappa shape index (κ3) is 5.47. The van der Waals surface area contributed by atoms with Crippen molar-refractivity contribution in [2.24, 2.45) is 0 Å². The van der Waals surface area contributed by atoms with Crippen LogP contribution in [0.1, 0.15) is 13.8 Å². The fraction of sp³-hybridized carbons (Fsp3) is 0.750. The van der Waals surface area contributed by atoms with Gasteiger partial charge in [0.15, 0.2) is 0 Å². The molecule has 26 heavy (non-hydrogen) atoms. The van der Waals surface area contributed by atoms with Crippen LogP contribution in [0.2, 0.25) is 0 Å². The zero-order valence-electron chi connectivity index (χ0n) is 14.7. The number of aliphatic carboxylic acids is 2. The van der Waals surface area contributed by atoms with Crippen molar-refractivity contribution in [3.63, 3.8) is 0 Å². The molecule has 2 N–H and O–H groups in total. The molecule has 0 bridgehead atoms. The molecule has 0 unspecified atom stereocenters. The molecule has 0 spiro atoms. The van der Waals surface area contributed by atoms with Crippen LogP contribution in [0.5, 0.6) is 0 Å². The van der Waals surface area contributed by atoms with Crippen molar-refractivity contribution in [3.05, 3.63) is 12.2 Å². The van der Waals surface area contributed by atoms with Crippen LogP contribution in [0.4, 0.5) is 0 Å². The molecule has 0 radical (unpaired) electrons. The Labute approximate surface area is 150 Å². The zero-order valence-corrected chi connectivity index (χ0v) is 14.7. The van der Waals surface area contributed by atoms with Gasteiger partial charge in [0, 0.05) is 13.8 Å². The van der Waals surface area contributed by atoms with Crippen LogP contribution < -0.4 is 0 Å². The van der Waals surface area contributed by atoms with E-state index >= 15 is 0 Å². The van der Waals surface area contributed by atoms with E-state index < -0.39 is 23.5 Å². The largest absolute Gasteiger partial charge is 0.477 e. The van der Waals surface area contributed by atoms with Crippen molar-refractivity contribution in [2.75, 3.05) is 39.6 Å².